The van der Waals surface area contributed by atoms with Crippen LogP contribution in [0.5, 0.6) is 0 Å². The van der Waals surface area contributed by atoms with E-state index in [4.69, 9.17) is 5.73 Å². The number of rotatable bonds is 8. The third-order valence-corrected chi connectivity index (χ3v) is 5.74. The van der Waals surface area contributed by atoms with Crippen LogP contribution >= 0.6 is 0 Å². The number of H-pyrrole nitrogens is 1. The minimum atomic E-state index is -0.423. The molecule has 0 fully saturated rings. The van der Waals surface area contributed by atoms with Crippen LogP contribution in [0.25, 0.3) is 0 Å². The summed E-state index contributed by atoms with van der Waals surface area (Å²) in [7, 11) is 0. The Morgan fingerprint density at radius 2 is 1.97 bits per heavy atom. The normalized spacial score (nSPS) is 18.0. The largest absolute Gasteiger partial charge is 0.369 e. The van der Waals surface area contributed by atoms with E-state index in [1.54, 1.807) is 6.07 Å². The van der Waals surface area contributed by atoms with E-state index in [-0.39, 0.29) is 29.6 Å². The number of carbonyl (C=O) groups is 1. The molecule has 8 heteroatoms. The molecule has 162 valence electrons. The van der Waals surface area contributed by atoms with Gasteiger partial charge in [-0.05, 0) is 26.3 Å². The summed E-state index contributed by atoms with van der Waals surface area (Å²) in [5.74, 6) is 0.148. The molecule has 0 aromatic carbocycles. The van der Waals surface area contributed by atoms with Crippen molar-refractivity contribution in [2.45, 2.75) is 77.9 Å². The molecule has 8 nitrogen and oxygen atoms in total. The Morgan fingerprint density at radius 3 is 2.73 bits per heavy atom. The first-order valence-corrected chi connectivity index (χ1v) is 10.9. The van der Waals surface area contributed by atoms with Gasteiger partial charge in [0.2, 0.25) is 5.95 Å². The standard InChI is InChI=1S/C22H32N6O2/c1-4-5-6-7-8-9-12-27-13-10-11-17(14-27)21(30)28-16(3)15(2)24-19-18(28)20(29)26-22(23)25-19/h10-11,13-16H,4-9,12H2,1-3H3,(H3-,23,24,25,26,29)/p+1/t15-,16-/m1/s1. The molecule has 2 atom stereocenters. The molecule has 3 heterocycles. The first-order valence-electron chi connectivity index (χ1n) is 10.9. The number of pyridine rings is 1. The summed E-state index contributed by atoms with van der Waals surface area (Å²) < 4.78 is 2.05. The molecule has 1 amide bonds. The van der Waals surface area contributed by atoms with Gasteiger partial charge >= 0.3 is 0 Å². The van der Waals surface area contributed by atoms with Gasteiger partial charge in [0.05, 0.1) is 6.04 Å². The number of amides is 1. The maximum atomic E-state index is 13.4. The second kappa shape index (κ2) is 9.73. The van der Waals surface area contributed by atoms with Crippen molar-refractivity contribution in [2.75, 3.05) is 16.0 Å². The van der Waals surface area contributed by atoms with Crippen LogP contribution in [-0.4, -0.2) is 28.0 Å². The highest BCUT2D eigenvalue weighted by atomic mass is 16.2. The number of fused-ring (bicyclic) bond motifs is 1. The molecule has 30 heavy (non-hydrogen) atoms. The van der Waals surface area contributed by atoms with Gasteiger partial charge in [0, 0.05) is 18.5 Å². The average Bonchev–Trinajstić information content (AvgIpc) is 2.71. The fourth-order valence-electron chi connectivity index (χ4n) is 3.86. The summed E-state index contributed by atoms with van der Waals surface area (Å²) in [5.41, 5.74) is 6.03. The Labute approximate surface area is 177 Å². The quantitative estimate of drug-likeness (QED) is 0.456. The van der Waals surface area contributed by atoms with Crippen molar-refractivity contribution < 1.29 is 9.36 Å². The van der Waals surface area contributed by atoms with E-state index in [0.717, 1.165) is 13.0 Å². The van der Waals surface area contributed by atoms with Gasteiger partial charge in [0.25, 0.3) is 11.5 Å². The number of aryl methyl sites for hydroxylation is 1. The number of aromatic amines is 1. The third kappa shape index (κ3) is 4.80. The minimum absolute atomic E-state index is 0.0249. The fraction of sp³-hybridized carbons (Fsp3) is 0.545. The van der Waals surface area contributed by atoms with Gasteiger partial charge in [-0.25, -0.2) is 4.57 Å². The molecular weight excluding hydrogens is 380 g/mol. The maximum Gasteiger partial charge on any atom is 0.278 e. The molecular formula is C22H33N6O2+. The number of nitrogens with zero attached hydrogens (tertiary/aromatic N) is 3. The monoisotopic (exact) mass is 413 g/mol. The van der Waals surface area contributed by atoms with Crippen molar-refractivity contribution in [3.8, 4) is 0 Å². The molecule has 1 aliphatic heterocycles. The summed E-state index contributed by atoms with van der Waals surface area (Å²) >= 11 is 0. The van der Waals surface area contributed by atoms with Gasteiger partial charge in [-0.1, -0.05) is 32.6 Å². The molecule has 0 aliphatic carbocycles. The van der Waals surface area contributed by atoms with Crippen molar-refractivity contribution in [1.29, 1.82) is 0 Å². The molecule has 0 spiro atoms. The van der Waals surface area contributed by atoms with Crippen LogP contribution in [0.3, 0.4) is 0 Å². The van der Waals surface area contributed by atoms with E-state index in [9.17, 15) is 9.59 Å². The van der Waals surface area contributed by atoms with Crippen LogP contribution in [0.2, 0.25) is 0 Å². The Kier molecular flexibility index (Phi) is 7.07. The average molecular weight is 414 g/mol. The lowest BCUT2D eigenvalue weighted by molar-refractivity contribution is -0.697. The number of hydrogen-bond acceptors (Lipinski definition) is 5. The van der Waals surface area contributed by atoms with E-state index in [2.05, 4.69) is 26.8 Å². The number of unbranched alkanes of at least 4 members (excludes halogenated alkanes) is 5. The van der Waals surface area contributed by atoms with Crippen molar-refractivity contribution in [1.82, 2.24) is 9.97 Å². The molecule has 4 N–H and O–H groups in total. The van der Waals surface area contributed by atoms with Crippen LogP contribution in [0, 0.1) is 0 Å². The van der Waals surface area contributed by atoms with Gasteiger partial charge in [0.1, 0.15) is 12.1 Å². The van der Waals surface area contributed by atoms with Gasteiger partial charge in [-0.15, -0.1) is 0 Å². The second-order valence-electron chi connectivity index (χ2n) is 8.10. The van der Waals surface area contributed by atoms with Crippen LogP contribution in [0.4, 0.5) is 17.5 Å². The molecule has 0 bridgehead atoms. The van der Waals surface area contributed by atoms with E-state index in [0.29, 0.717) is 11.4 Å². The van der Waals surface area contributed by atoms with Gasteiger partial charge in [-0.3, -0.25) is 19.5 Å². The first kappa shape index (κ1) is 21.8. The lowest BCUT2D eigenvalue weighted by Gasteiger charge is -2.38. The Morgan fingerprint density at radius 1 is 1.23 bits per heavy atom. The highest BCUT2D eigenvalue weighted by molar-refractivity contribution is 6.08. The van der Waals surface area contributed by atoms with E-state index < -0.39 is 5.56 Å². The summed E-state index contributed by atoms with van der Waals surface area (Å²) in [6.07, 6.45) is 11.2. The van der Waals surface area contributed by atoms with Crippen LogP contribution in [0.15, 0.2) is 29.3 Å². The predicted octanol–water partition coefficient (Wildman–Crippen LogP) is 2.85. The topological polar surface area (TPSA) is 108 Å². The van der Waals surface area contributed by atoms with Crippen molar-refractivity contribution in [3.05, 3.63) is 40.4 Å². The van der Waals surface area contributed by atoms with Crippen LogP contribution in [-0.2, 0) is 6.54 Å². The first-order chi connectivity index (χ1) is 14.4. The van der Waals surface area contributed by atoms with E-state index >= 15 is 0 Å². The second-order valence-corrected chi connectivity index (χ2v) is 8.10. The predicted molar refractivity (Wildman–Crippen MR) is 119 cm³/mol. The number of anilines is 3. The number of aromatic nitrogens is 3. The lowest BCUT2D eigenvalue weighted by atomic mass is 10.0. The molecule has 1 aliphatic rings. The summed E-state index contributed by atoms with van der Waals surface area (Å²) in [4.78, 5) is 34.2. The molecule has 0 radical (unpaired) electrons. The number of nitrogens with two attached hydrogens (primary N) is 1. The van der Waals surface area contributed by atoms with E-state index in [1.165, 1.54) is 37.0 Å². The minimum Gasteiger partial charge on any atom is -0.369 e. The molecule has 2 aromatic rings. The van der Waals surface area contributed by atoms with Crippen molar-refractivity contribution in [2.24, 2.45) is 0 Å². The number of nitrogens with one attached hydrogen (secondary N) is 2. The van der Waals surface area contributed by atoms with E-state index in [1.807, 2.05) is 32.3 Å². The Bertz CT molecular complexity index is 941. The zero-order chi connectivity index (χ0) is 21.7. The highest BCUT2D eigenvalue weighted by Crippen LogP contribution is 2.30. The van der Waals surface area contributed by atoms with Gasteiger partial charge in [0.15, 0.2) is 23.9 Å². The van der Waals surface area contributed by atoms with Crippen molar-refractivity contribution in [3.63, 3.8) is 0 Å². The van der Waals surface area contributed by atoms with Crippen LogP contribution < -0.4 is 26.1 Å². The zero-order valence-electron chi connectivity index (χ0n) is 18.1. The molecule has 0 saturated heterocycles. The molecule has 0 saturated carbocycles. The smallest absolute Gasteiger partial charge is 0.278 e. The van der Waals surface area contributed by atoms with Crippen LogP contribution in [0.1, 0.15) is 69.7 Å². The maximum absolute atomic E-state index is 13.4. The lowest BCUT2D eigenvalue weighted by Crippen LogP contribution is -2.53. The number of carbonyl (C=O) groups excluding carboxylic acids is 1. The number of nitrogen functional groups attached to an aromatic ring is 1. The van der Waals surface area contributed by atoms with Crippen molar-refractivity contribution >= 4 is 23.4 Å². The highest BCUT2D eigenvalue weighted by Gasteiger charge is 2.37. The fourth-order valence-corrected chi connectivity index (χ4v) is 3.86. The SMILES string of the molecule is CCCCCCCC[n+]1cccc(C(=O)N2c3c(nc(N)[nH]c3=O)N[C@H](C)[C@H]2C)c1. The number of hydrogen-bond donors (Lipinski definition) is 3. The molecule has 0 unspecified atom stereocenters. The summed E-state index contributed by atoms with van der Waals surface area (Å²) in [6, 6.07) is 3.38. The Hall–Kier alpha value is -2.90. The summed E-state index contributed by atoms with van der Waals surface area (Å²) in [5, 5.41) is 3.18. The molecule has 3 rings (SSSR count). The Balaban J connectivity index is 1.79. The van der Waals surface area contributed by atoms with Gasteiger partial charge in [-0.2, -0.15) is 4.98 Å². The third-order valence-electron chi connectivity index (χ3n) is 5.74. The zero-order valence-corrected chi connectivity index (χ0v) is 18.1. The molecule has 2 aromatic heterocycles. The van der Waals surface area contributed by atoms with Gasteiger partial charge < -0.3 is 11.1 Å². The summed E-state index contributed by atoms with van der Waals surface area (Å²) in [6.45, 7) is 6.96.